The highest BCUT2D eigenvalue weighted by atomic mass is 14.2. The maximum Gasteiger partial charge on any atom is -0.0412 e. The molecule has 0 aromatic carbocycles. The third-order valence-corrected chi connectivity index (χ3v) is 13.4. The lowest BCUT2D eigenvalue weighted by molar-refractivity contribution is 0.339. The molecule has 0 aliphatic rings. The fraction of sp³-hybridized carbons (Fsp3) is 1.00. The first-order chi connectivity index (χ1) is 31.4. The van der Waals surface area contributed by atoms with Gasteiger partial charge in [0.1, 0.15) is 0 Å². The van der Waals surface area contributed by atoms with Crippen LogP contribution in [0.25, 0.3) is 0 Å². The standard InChI is InChI=1S/C19H40.C15H32.C11H24.C9H20.C7H16.C5H12/c1-5-7-9-11-12-14-16-19(17-18(3)4)15-13-10-8-6-2;1-5-7-9-10-12-15(11-8-6-2)13-14(3)4;1-5-7-8-11(6-2)9-10(3)4;1-4-5-6-7-8-9(2)3;1-4-5-6-7(2)3;1-4-5(2)3/h18-19H,5-17H2,1-4H3;14-15H,5-13H2,1-4H3;10-11H,5-9H2,1-4H3;9H,4-8H2,1-3H3;7H,4-6H2,1-3H3;5H,4H2,1-3H3. The van der Waals surface area contributed by atoms with E-state index in [0.29, 0.717) is 0 Å². The van der Waals surface area contributed by atoms with Crippen LogP contribution in [0.4, 0.5) is 0 Å². The molecular formula is C66H144. The first kappa shape index (κ1) is 77.5. The van der Waals surface area contributed by atoms with E-state index >= 15 is 0 Å². The van der Waals surface area contributed by atoms with Gasteiger partial charge in [-0.1, -0.05) is 357 Å². The van der Waals surface area contributed by atoms with Crippen molar-refractivity contribution in [3.8, 4) is 0 Å². The quantitative estimate of drug-likeness (QED) is 0.0539. The van der Waals surface area contributed by atoms with Crippen molar-refractivity contribution in [2.75, 3.05) is 0 Å². The lowest BCUT2D eigenvalue weighted by atomic mass is 9.87. The van der Waals surface area contributed by atoms with Crippen molar-refractivity contribution in [3.63, 3.8) is 0 Å². The van der Waals surface area contributed by atoms with E-state index in [0.717, 1.165) is 53.3 Å². The molecule has 0 spiro atoms. The van der Waals surface area contributed by atoms with Crippen LogP contribution < -0.4 is 0 Å². The summed E-state index contributed by atoms with van der Waals surface area (Å²) in [6.07, 6.45) is 51.4. The molecule has 408 valence electrons. The summed E-state index contributed by atoms with van der Waals surface area (Å²) in [5.74, 6) is 8.38. The van der Waals surface area contributed by atoms with E-state index in [-0.39, 0.29) is 0 Å². The fourth-order valence-corrected chi connectivity index (χ4v) is 8.76. The van der Waals surface area contributed by atoms with E-state index in [4.69, 9.17) is 0 Å². The van der Waals surface area contributed by atoms with Crippen LogP contribution in [0.2, 0.25) is 0 Å². The van der Waals surface area contributed by atoms with Crippen molar-refractivity contribution in [2.24, 2.45) is 53.3 Å². The average Bonchev–Trinajstić information content (AvgIpc) is 3.26. The van der Waals surface area contributed by atoms with E-state index in [9.17, 15) is 0 Å². The van der Waals surface area contributed by atoms with Crippen LogP contribution in [0.15, 0.2) is 0 Å². The first-order valence-corrected chi connectivity index (χ1v) is 31.4. The SMILES string of the molecule is CCC(C)C.CCCCC(C)C.CCCCC(CC)CC(C)C.CCCCCCC(C)C.CCCCCCC(CCCC)CC(C)C.CCCCCCCCC(CCCCCC)CC(C)C. The number of rotatable bonds is 39. The normalized spacial score (nSPS) is 12.4. The number of hydrogen-bond acceptors (Lipinski definition) is 0. The Hall–Kier alpha value is 0. The second-order valence-electron chi connectivity index (χ2n) is 24.0. The van der Waals surface area contributed by atoms with Crippen LogP contribution in [0.1, 0.15) is 377 Å². The largest absolute Gasteiger partial charge is 0.0654 e. The lowest BCUT2D eigenvalue weighted by Gasteiger charge is -2.19. The van der Waals surface area contributed by atoms with Gasteiger partial charge in [0.2, 0.25) is 0 Å². The minimum Gasteiger partial charge on any atom is -0.0654 e. The van der Waals surface area contributed by atoms with E-state index in [1.165, 1.54) is 231 Å². The minimum atomic E-state index is 0.884. The molecule has 0 rings (SSSR count). The molecule has 0 nitrogen and oxygen atoms in total. The van der Waals surface area contributed by atoms with Crippen LogP contribution in [0.3, 0.4) is 0 Å². The molecule has 0 saturated heterocycles. The third-order valence-electron chi connectivity index (χ3n) is 13.4. The molecule has 0 aromatic heterocycles. The zero-order chi connectivity index (χ0) is 51.7. The van der Waals surface area contributed by atoms with Crippen molar-refractivity contribution in [3.05, 3.63) is 0 Å². The zero-order valence-corrected chi connectivity index (χ0v) is 51.7. The Morgan fingerprint density at radius 3 is 0.652 bits per heavy atom. The smallest absolute Gasteiger partial charge is 0.0412 e. The van der Waals surface area contributed by atoms with E-state index in [1.807, 2.05) is 0 Å². The molecule has 0 aliphatic carbocycles. The Labute approximate surface area is 427 Å². The minimum absolute atomic E-state index is 0.884. The molecule has 0 aliphatic heterocycles. The summed E-state index contributed by atoms with van der Waals surface area (Å²) in [6.45, 7) is 48.3. The van der Waals surface area contributed by atoms with Crippen molar-refractivity contribution >= 4 is 0 Å². The van der Waals surface area contributed by atoms with Crippen LogP contribution in [0, 0.1) is 53.3 Å². The predicted octanol–water partition coefficient (Wildman–Crippen LogP) is 25.9. The second kappa shape index (κ2) is 67.1. The van der Waals surface area contributed by atoms with Gasteiger partial charge in [-0.15, -0.1) is 0 Å². The van der Waals surface area contributed by atoms with E-state index in [2.05, 4.69) is 145 Å². The molecule has 0 N–H and O–H groups in total. The maximum atomic E-state index is 2.39. The van der Waals surface area contributed by atoms with Crippen LogP contribution in [0.5, 0.6) is 0 Å². The molecule has 0 radical (unpaired) electrons. The monoisotopic (exact) mass is 937 g/mol. The average molecular weight is 938 g/mol. The molecule has 3 atom stereocenters. The highest BCUT2D eigenvalue weighted by Crippen LogP contribution is 2.26. The first-order valence-electron chi connectivity index (χ1n) is 31.4. The van der Waals surface area contributed by atoms with Gasteiger partial charge in [-0.2, -0.15) is 0 Å². The summed E-state index contributed by atoms with van der Waals surface area (Å²) in [5.41, 5.74) is 0. The molecule has 0 heteroatoms. The van der Waals surface area contributed by atoms with Gasteiger partial charge in [0.05, 0.1) is 0 Å². The highest BCUT2D eigenvalue weighted by molar-refractivity contribution is 4.64. The molecule has 3 unspecified atom stereocenters. The number of hydrogen-bond donors (Lipinski definition) is 0. The summed E-state index contributed by atoms with van der Waals surface area (Å²) >= 11 is 0. The Morgan fingerprint density at radius 2 is 0.394 bits per heavy atom. The summed E-state index contributed by atoms with van der Waals surface area (Å²) in [5, 5.41) is 0. The van der Waals surface area contributed by atoms with Crippen molar-refractivity contribution in [1.82, 2.24) is 0 Å². The topological polar surface area (TPSA) is 0 Å². The van der Waals surface area contributed by atoms with Crippen molar-refractivity contribution in [2.45, 2.75) is 377 Å². The van der Waals surface area contributed by atoms with Gasteiger partial charge in [0.15, 0.2) is 0 Å². The van der Waals surface area contributed by atoms with Crippen LogP contribution in [-0.4, -0.2) is 0 Å². The van der Waals surface area contributed by atoms with Gasteiger partial charge in [-0.05, 0) is 72.5 Å². The molecule has 66 heavy (non-hydrogen) atoms. The van der Waals surface area contributed by atoms with Gasteiger partial charge in [-0.25, -0.2) is 0 Å². The van der Waals surface area contributed by atoms with Gasteiger partial charge < -0.3 is 0 Å². The van der Waals surface area contributed by atoms with Gasteiger partial charge >= 0.3 is 0 Å². The predicted molar refractivity (Wildman–Crippen MR) is 317 cm³/mol. The lowest BCUT2D eigenvalue weighted by Crippen LogP contribution is -2.05. The molecule has 0 heterocycles. The molecule has 0 bridgehead atoms. The highest BCUT2D eigenvalue weighted by Gasteiger charge is 2.12. The number of unbranched alkanes of at least 4 members (excludes halogenated alkanes) is 17. The Morgan fingerprint density at radius 1 is 0.182 bits per heavy atom. The summed E-state index contributed by atoms with van der Waals surface area (Å²) in [6, 6.07) is 0. The summed E-state index contributed by atoms with van der Waals surface area (Å²) < 4.78 is 0. The summed E-state index contributed by atoms with van der Waals surface area (Å²) in [7, 11) is 0. The van der Waals surface area contributed by atoms with Crippen molar-refractivity contribution < 1.29 is 0 Å². The Bertz CT molecular complexity index is 741. The molecule has 0 saturated carbocycles. The third kappa shape index (κ3) is 87.1. The van der Waals surface area contributed by atoms with E-state index in [1.54, 1.807) is 0 Å². The fourth-order valence-electron chi connectivity index (χ4n) is 8.76. The maximum absolute atomic E-state index is 2.39. The van der Waals surface area contributed by atoms with Crippen molar-refractivity contribution in [1.29, 1.82) is 0 Å². The molecular weight excluding hydrogens is 793 g/mol. The zero-order valence-electron chi connectivity index (χ0n) is 51.7. The molecule has 0 aromatic rings. The Balaban J connectivity index is -0.000000172. The second-order valence-corrected chi connectivity index (χ2v) is 24.0. The van der Waals surface area contributed by atoms with Crippen LogP contribution >= 0.6 is 0 Å². The molecule has 0 fully saturated rings. The summed E-state index contributed by atoms with van der Waals surface area (Å²) in [4.78, 5) is 0. The Kier molecular flexibility index (Phi) is 78.7. The van der Waals surface area contributed by atoms with Gasteiger partial charge in [0.25, 0.3) is 0 Å². The van der Waals surface area contributed by atoms with Crippen LogP contribution in [-0.2, 0) is 0 Å². The van der Waals surface area contributed by atoms with E-state index < -0.39 is 0 Å². The van der Waals surface area contributed by atoms with Gasteiger partial charge in [0, 0.05) is 0 Å². The van der Waals surface area contributed by atoms with Gasteiger partial charge in [-0.3, -0.25) is 0 Å². The molecule has 0 amide bonds.